The molecule has 126 valence electrons. The van der Waals surface area contributed by atoms with Crippen LogP contribution in [-0.4, -0.2) is 39.4 Å². The predicted octanol–water partition coefficient (Wildman–Crippen LogP) is 2.72. The van der Waals surface area contributed by atoms with Crippen LogP contribution in [0, 0.1) is 0 Å². The van der Waals surface area contributed by atoms with Gasteiger partial charge in [-0.05, 0) is 42.5 Å². The number of benzene rings is 2. The van der Waals surface area contributed by atoms with Crippen molar-refractivity contribution in [1.82, 2.24) is 0 Å². The lowest BCUT2D eigenvalue weighted by Gasteiger charge is -2.08. The van der Waals surface area contributed by atoms with Crippen LogP contribution in [0.1, 0.15) is 20.7 Å². The van der Waals surface area contributed by atoms with Crippen LogP contribution < -0.4 is 9.47 Å². The molecule has 0 amide bonds. The minimum absolute atomic E-state index is 0.267. The molecule has 0 radical (unpaired) electrons. The maximum atomic E-state index is 12.1. The van der Waals surface area contributed by atoms with Crippen LogP contribution in [0.4, 0.5) is 0 Å². The maximum Gasteiger partial charge on any atom is 0.343 e. The SMILES string of the molecule is COCCOc1ccc(C(=O)Oc2cccc(C(=O)OC)c2)cc1. The van der Waals surface area contributed by atoms with E-state index in [-0.39, 0.29) is 5.75 Å². The standard InChI is InChI=1S/C18H18O6/c1-21-10-11-23-15-8-6-13(7-9-15)18(20)24-16-5-3-4-14(12-16)17(19)22-2/h3-9,12H,10-11H2,1-2H3. The van der Waals surface area contributed by atoms with E-state index in [1.54, 1.807) is 49.6 Å². The van der Waals surface area contributed by atoms with Crippen molar-refractivity contribution in [1.29, 1.82) is 0 Å². The summed E-state index contributed by atoms with van der Waals surface area (Å²) in [5, 5.41) is 0. The molecule has 0 aliphatic carbocycles. The van der Waals surface area contributed by atoms with Crippen molar-refractivity contribution in [3.8, 4) is 11.5 Å². The number of esters is 2. The number of hydrogen-bond donors (Lipinski definition) is 0. The molecule has 2 rings (SSSR count). The average molecular weight is 330 g/mol. The summed E-state index contributed by atoms with van der Waals surface area (Å²) in [6, 6.07) is 12.8. The minimum atomic E-state index is -0.527. The van der Waals surface area contributed by atoms with E-state index in [0.29, 0.717) is 30.1 Å². The van der Waals surface area contributed by atoms with Crippen molar-refractivity contribution < 1.29 is 28.5 Å². The number of methoxy groups -OCH3 is 2. The van der Waals surface area contributed by atoms with E-state index >= 15 is 0 Å². The Kier molecular flexibility index (Phi) is 6.33. The second-order valence-electron chi connectivity index (χ2n) is 4.77. The van der Waals surface area contributed by atoms with Crippen LogP contribution in [0.15, 0.2) is 48.5 Å². The number of ether oxygens (including phenoxy) is 4. The van der Waals surface area contributed by atoms with Gasteiger partial charge in [0.1, 0.15) is 18.1 Å². The molecule has 0 saturated heterocycles. The molecule has 0 heterocycles. The van der Waals surface area contributed by atoms with Gasteiger partial charge in [0.25, 0.3) is 0 Å². The van der Waals surface area contributed by atoms with Crippen molar-refractivity contribution in [2.45, 2.75) is 0 Å². The summed E-state index contributed by atoms with van der Waals surface area (Å²) in [7, 11) is 2.88. The lowest BCUT2D eigenvalue weighted by molar-refractivity contribution is 0.0597. The molecule has 6 heteroatoms. The van der Waals surface area contributed by atoms with Gasteiger partial charge in [-0.3, -0.25) is 0 Å². The Morgan fingerprint density at radius 1 is 0.833 bits per heavy atom. The van der Waals surface area contributed by atoms with Gasteiger partial charge < -0.3 is 18.9 Å². The molecule has 0 saturated carbocycles. The highest BCUT2D eigenvalue weighted by molar-refractivity contribution is 5.92. The molecule has 2 aromatic rings. The van der Waals surface area contributed by atoms with Gasteiger partial charge in [0.2, 0.25) is 0 Å². The Morgan fingerprint density at radius 2 is 1.58 bits per heavy atom. The topological polar surface area (TPSA) is 71.1 Å². The number of carbonyl (C=O) groups excluding carboxylic acids is 2. The molecule has 0 aromatic heterocycles. The number of rotatable bonds is 7. The quantitative estimate of drug-likeness (QED) is 0.442. The summed E-state index contributed by atoms with van der Waals surface area (Å²) < 4.78 is 20.2. The first-order chi connectivity index (χ1) is 11.6. The van der Waals surface area contributed by atoms with Crippen LogP contribution in [-0.2, 0) is 9.47 Å². The van der Waals surface area contributed by atoms with Crippen molar-refractivity contribution >= 4 is 11.9 Å². The van der Waals surface area contributed by atoms with E-state index in [2.05, 4.69) is 4.74 Å². The van der Waals surface area contributed by atoms with Crippen molar-refractivity contribution in [3.63, 3.8) is 0 Å². The van der Waals surface area contributed by atoms with Gasteiger partial charge >= 0.3 is 11.9 Å². The summed E-state index contributed by atoms with van der Waals surface area (Å²) in [5.74, 6) is -0.120. The molecule has 24 heavy (non-hydrogen) atoms. The molecule has 0 bridgehead atoms. The lowest BCUT2D eigenvalue weighted by atomic mass is 10.2. The zero-order valence-electron chi connectivity index (χ0n) is 13.5. The average Bonchev–Trinajstić information content (AvgIpc) is 2.62. The van der Waals surface area contributed by atoms with Gasteiger partial charge in [-0.2, -0.15) is 0 Å². The van der Waals surface area contributed by atoms with E-state index in [0.717, 1.165) is 0 Å². The Hall–Kier alpha value is -2.86. The minimum Gasteiger partial charge on any atom is -0.491 e. The van der Waals surface area contributed by atoms with E-state index < -0.39 is 11.9 Å². The van der Waals surface area contributed by atoms with Crippen LogP contribution >= 0.6 is 0 Å². The normalized spacial score (nSPS) is 10.1. The summed E-state index contributed by atoms with van der Waals surface area (Å²) >= 11 is 0. The van der Waals surface area contributed by atoms with Gasteiger partial charge in [-0.25, -0.2) is 9.59 Å². The Labute approximate surface area is 139 Å². The Bertz CT molecular complexity index is 693. The number of carbonyl (C=O) groups is 2. The smallest absolute Gasteiger partial charge is 0.343 e. The summed E-state index contributed by atoms with van der Waals surface area (Å²) in [6.07, 6.45) is 0. The van der Waals surface area contributed by atoms with Gasteiger partial charge in [0.05, 0.1) is 24.8 Å². The van der Waals surface area contributed by atoms with Crippen molar-refractivity contribution in [2.75, 3.05) is 27.4 Å². The van der Waals surface area contributed by atoms with E-state index in [1.165, 1.54) is 13.2 Å². The van der Waals surface area contributed by atoms with E-state index in [9.17, 15) is 9.59 Å². The fourth-order valence-corrected chi connectivity index (χ4v) is 1.90. The second-order valence-corrected chi connectivity index (χ2v) is 4.77. The van der Waals surface area contributed by atoms with Crippen molar-refractivity contribution in [2.24, 2.45) is 0 Å². The molecular formula is C18H18O6. The zero-order valence-corrected chi connectivity index (χ0v) is 13.5. The van der Waals surface area contributed by atoms with Crippen LogP contribution in [0.2, 0.25) is 0 Å². The zero-order chi connectivity index (χ0) is 17.4. The van der Waals surface area contributed by atoms with E-state index in [4.69, 9.17) is 14.2 Å². The van der Waals surface area contributed by atoms with Crippen LogP contribution in [0.5, 0.6) is 11.5 Å². The monoisotopic (exact) mass is 330 g/mol. The lowest BCUT2D eigenvalue weighted by Crippen LogP contribution is -2.09. The summed E-state index contributed by atoms with van der Waals surface area (Å²) in [6.45, 7) is 0.918. The molecule has 2 aromatic carbocycles. The molecular weight excluding hydrogens is 312 g/mol. The highest BCUT2D eigenvalue weighted by Crippen LogP contribution is 2.17. The maximum absolute atomic E-state index is 12.1. The first kappa shape index (κ1) is 17.5. The fourth-order valence-electron chi connectivity index (χ4n) is 1.90. The molecule has 0 aliphatic rings. The van der Waals surface area contributed by atoms with Gasteiger partial charge in [0.15, 0.2) is 0 Å². The predicted molar refractivity (Wildman–Crippen MR) is 86.6 cm³/mol. The third-order valence-electron chi connectivity index (χ3n) is 3.11. The highest BCUT2D eigenvalue weighted by atomic mass is 16.5. The van der Waals surface area contributed by atoms with Crippen molar-refractivity contribution in [3.05, 3.63) is 59.7 Å². The fraction of sp³-hybridized carbons (Fsp3) is 0.222. The molecule has 0 unspecified atom stereocenters. The van der Waals surface area contributed by atoms with Crippen LogP contribution in [0.3, 0.4) is 0 Å². The van der Waals surface area contributed by atoms with Crippen LogP contribution in [0.25, 0.3) is 0 Å². The molecule has 0 fully saturated rings. The molecule has 0 spiro atoms. The third-order valence-corrected chi connectivity index (χ3v) is 3.11. The van der Waals surface area contributed by atoms with Gasteiger partial charge in [0, 0.05) is 7.11 Å². The first-order valence-electron chi connectivity index (χ1n) is 7.26. The summed E-state index contributed by atoms with van der Waals surface area (Å²) in [5.41, 5.74) is 0.683. The second kappa shape index (κ2) is 8.69. The molecule has 0 aliphatic heterocycles. The Morgan fingerprint density at radius 3 is 2.25 bits per heavy atom. The number of hydrogen-bond acceptors (Lipinski definition) is 6. The highest BCUT2D eigenvalue weighted by Gasteiger charge is 2.11. The third kappa shape index (κ3) is 4.82. The molecule has 0 N–H and O–H groups in total. The first-order valence-corrected chi connectivity index (χ1v) is 7.26. The van der Waals surface area contributed by atoms with E-state index in [1.807, 2.05) is 0 Å². The molecule has 6 nitrogen and oxygen atoms in total. The Balaban J connectivity index is 2.00. The summed E-state index contributed by atoms with van der Waals surface area (Å²) in [4.78, 5) is 23.6. The molecule has 0 atom stereocenters. The van der Waals surface area contributed by atoms with Gasteiger partial charge in [-0.15, -0.1) is 0 Å². The largest absolute Gasteiger partial charge is 0.491 e. The van der Waals surface area contributed by atoms with Gasteiger partial charge in [-0.1, -0.05) is 6.07 Å².